The average Bonchev–Trinajstić information content (AvgIpc) is 2.99. The molecule has 1 aliphatic heterocycles. The van der Waals surface area contributed by atoms with Crippen molar-refractivity contribution in [3.63, 3.8) is 0 Å². The lowest BCUT2D eigenvalue weighted by molar-refractivity contribution is -0.137. The maximum Gasteiger partial charge on any atom is 0.416 e. The van der Waals surface area contributed by atoms with Gasteiger partial charge in [-0.05, 0) is 53.4 Å². The van der Waals surface area contributed by atoms with Gasteiger partial charge in [-0.3, -0.25) is 4.79 Å². The van der Waals surface area contributed by atoms with Crippen molar-refractivity contribution in [1.82, 2.24) is 19.2 Å². The molecule has 1 fully saturated rings. The Hall–Kier alpha value is -3.95. The minimum absolute atomic E-state index is 0.0243. The van der Waals surface area contributed by atoms with Crippen molar-refractivity contribution >= 4 is 32.0 Å². The van der Waals surface area contributed by atoms with Crippen molar-refractivity contribution in [2.75, 3.05) is 19.6 Å². The summed E-state index contributed by atoms with van der Waals surface area (Å²) in [5.74, 6) is -0.496. The Bertz CT molecular complexity index is 1700. The van der Waals surface area contributed by atoms with Gasteiger partial charge in [0.15, 0.2) is 0 Å². The first-order valence-corrected chi connectivity index (χ1v) is 16.4. The normalized spacial score (nSPS) is 16.5. The molecule has 10 nitrogen and oxygen atoms in total. The van der Waals surface area contributed by atoms with Crippen LogP contribution in [0.25, 0.3) is 0 Å². The number of hydrogen-bond acceptors (Lipinski definition) is 6. The molecule has 0 aromatic heterocycles. The first-order chi connectivity index (χ1) is 20.6. The van der Waals surface area contributed by atoms with Gasteiger partial charge in [-0.1, -0.05) is 56.3 Å². The second-order valence-corrected chi connectivity index (χ2v) is 14.0. The highest BCUT2D eigenvalue weighted by Gasteiger charge is 2.42. The third-order valence-corrected chi connectivity index (χ3v) is 10.4. The zero-order valence-corrected chi connectivity index (χ0v) is 25.4. The minimum Gasteiger partial charge on any atom is -0.351 e. The molecule has 3 aromatic carbocycles. The smallest absolute Gasteiger partial charge is 0.351 e. The molecule has 4 rings (SSSR count). The summed E-state index contributed by atoms with van der Waals surface area (Å²) in [4.78, 5) is 26.8. The Morgan fingerprint density at radius 2 is 1.48 bits per heavy atom. The minimum atomic E-state index is -4.68. The van der Waals surface area contributed by atoms with Gasteiger partial charge in [0.05, 0.1) is 15.4 Å². The summed E-state index contributed by atoms with van der Waals surface area (Å²) in [7, 11) is -8.78. The molecule has 3 aromatic rings. The lowest BCUT2D eigenvalue weighted by Gasteiger charge is -2.39. The zero-order chi connectivity index (χ0) is 32.3. The van der Waals surface area contributed by atoms with Gasteiger partial charge < -0.3 is 10.2 Å². The SMILES string of the molecule is CC(C)c1ccc(CNC(=O)[C@H]2CN(C(=O)NS(=O)(=O)c3ccccc3)CCN2S(=O)(=O)c2ccc(C(F)(F)F)cc2)cc1. The van der Waals surface area contributed by atoms with Gasteiger partial charge in [-0.2, -0.15) is 17.5 Å². The van der Waals surface area contributed by atoms with Gasteiger partial charge in [-0.15, -0.1) is 0 Å². The van der Waals surface area contributed by atoms with Crippen LogP contribution in [-0.4, -0.2) is 63.7 Å². The average molecular weight is 653 g/mol. The molecule has 0 aliphatic carbocycles. The number of amides is 3. The molecule has 3 amide bonds. The number of carbonyl (C=O) groups excluding carboxylic acids is 2. The molecule has 44 heavy (non-hydrogen) atoms. The Balaban J connectivity index is 1.58. The number of sulfonamides is 2. The van der Waals surface area contributed by atoms with Crippen molar-refractivity contribution in [2.45, 2.75) is 48.3 Å². The Morgan fingerprint density at radius 3 is 2.05 bits per heavy atom. The van der Waals surface area contributed by atoms with Gasteiger partial charge >= 0.3 is 12.2 Å². The molecule has 0 saturated carbocycles. The number of nitrogens with zero attached hydrogens (tertiary/aromatic N) is 2. The van der Waals surface area contributed by atoms with Crippen molar-refractivity contribution in [3.8, 4) is 0 Å². The van der Waals surface area contributed by atoms with E-state index in [0.29, 0.717) is 12.1 Å². The molecule has 1 heterocycles. The first kappa shape index (κ1) is 33.0. The monoisotopic (exact) mass is 652 g/mol. The van der Waals surface area contributed by atoms with Crippen LogP contribution in [0.15, 0.2) is 88.7 Å². The maximum atomic E-state index is 13.6. The number of urea groups is 1. The largest absolute Gasteiger partial charge is 0.416 e. The number of hydrogen-bond donors (Lipinski definition) is 2. The zero-order valence-electron chi connectivity index (χ0n) is 23.8. The number of rotatable bonds is 8. The molecule has 0 spiro atoms. The van der Waals surface area contributed by atoms with E-state index in [1.807, 2.05) is 30.7 Å². The quantitative estimate of drug-likeness (QED) is 0.379. The van der Waals surface area contributed by atoms with Crippen LogP contribution in [0.2, 0.25) is 0 Å². The topological polar surface area (TPSA) is 133 Å². The van der Waals surface area contributed by atoms with Gasteiger partial charge in [0.25, 0.3) is 10.0 Å². The summed E-state index contributed by atoms with van der Waals surface area (Å²) >= 11 is 0. The van der Waals surface area contributed by atoms with Crippen molar-refractivity contribution in [2.24, 2.45) is 0 Å². The van der Waals surface area contributed by atoms with Crippen LogP contribution >= 0.6 is 0 Å². The Labute approximate surface area is 254 Å². The van der Waals surface area contributed by atoms with Crippen molar-refractivity contribution < 1.29 is 39.6 Å². The van der Waals surface area contributed by atoms with Crippen LogP contribution < -0.4 is 10.0 Å². The number of piperazine rings is 1. The van der Waals surface area contributed by atoms with E-state index in [9.17, 15) is 39.6 Å². The molecule has 0 radical (unpaired) electrons. The van der Waals surface area contributed by atoms with E-state index in [2.05, 4.69) is 5.32 Å². The van der Waals surface area contributed by atoms with E-state index in [-0.39, 0.29) is 23.9 Å². The first-order valence-electron chi connectivity index (χ1n) is 13.5. The van der Waals surface area contributed by atoms with Crippen LogP contribution in [0.1, 0.15) is 36.5 Å². The lowest BCUT2D eigenvalue weighted by atomic mass is 10.0. The Kier molecular flexibility index (Phi) is 9.71. The van der Waals surface area contributed by atoms with Crippen LogP contribution in [0.3, 0.4) is 0 Å². The molecular formula is C29H31F3N4O6S2. The van der Waals surface area contributed by atoms with Crippen LogP contribution in [0, 0.1) is 0 Å². The molecule has 15 heteroatoms. The second-order valence-electron chi connectivity index (χ2n) is 10.4. The number of carbonyl (C=O) groups is 2. The molecule has 236 valence electrons. The molecule has 1 saturated heterocycles. The third-order valence-electron chi connectivity index (χ3n) is 7.10. The van der Waals surface area contributed by atoms with Crippen LogP contribution in [-0.2, 0) is 37.6 Å². The van der Waals surface area contributed by atoms with E-state index in [1.54, 1.807) is 18.2 Å². The maximum absolute atomic E-state index is 13.6. The molecule has 1 aliphatic rings. The molecule has 0 bridgehead atoms. The standard InChI is InChI=1S/C29H31F3N4O6S2/c1-20(2)22-10-8-21(9-11-22)18-33-27(37)26-19-35(28(38)34-43(39,40)24-6-4-3-5-7-24)16-17-36(26)44(41,42)25-14-12-23(13-15-25)29(30,31)32/h3-15,20,26H,16-19H2,1-2H3,(H,33,37)(H,34,38)/t26-/m1/s1. The third kappa shape index (κ3) is 7.57. The van der Waals surface area contributed by atoms with E-state index < -0.39 is 67.8 Å². The van der Waals surface area contributed by atoms with Crippen molar-refractivity contribution in [3.05, 3.63) is 95.6 Å². The number of halogens is 3. The van der Waals surface area contributed by atoms with Gasteiger partial charge in [-0.25, -0.2) is 26.4 Å². The summed E-state index contributed by atoms with van der Waals surface area (Å²) in [6, 6.07) is 14.8. The van der Waals surface area contributed by atoms with Gasteiger partial charge in [0, 0.05) is 26.2 Å². The predicted molar refractivity (Wildman–Crippen MR) is 155 cm³/mol. The highest BCUT2D eigenvalue weighted by molar-refractivity contribution is 7.90. The predicted octanol–water partition coefficient (Wildman–Crippen LogP) is 3.92. The number of alkyl halides is 3. The summed E-state index contributed by atoms with van der Waals surface area (Å²) in [5.41, 5.74) is 0.753. The lowest BCUT2D eigenvalue weighted by Crippen LogP contribution is -2.62. The second kappa shape index (κ2) is 13.0. The summed E-state index contributed by atoms with van der Waals surface area (Å²) < 4.78 is 94.5. The van der Waals surface area contributed by atoms with E-state index in [1.165, 1.54) is 24.3 Å². The van der Waals surface area contributed by atoms with E-state index in [4.69, 9.17) is 0 Å². The Morgan fingerprint density at radius 1 is 0.864 bits per heavy atom. The molecular weight excluding hydrogens is 621 g/mol. The molecule has 0 unspecified atom stereocenters. The fourth-order valence-corrected chi connectivity index (χ4v) is 7.13. The molecule has 2 N–H and O–H groups in total. The fourth-order valence-electron chi connectivity index (χ4n) is 4.57. The van der Waals surface area contributed by atoms with E-state index >= 15 is 0 Å². The molecule has 1 atom stereocenters. The highest BCUT2D eigenvalue weighted by atomic mass is 32.2. The van der Waals surface area contributed by atoms with Crippen LogP contribution in [0.5, 0.6) is 0 Å². The van der Waals surface area contributed by atoms with Crippen LogP contribution in [0.4, 0.5) is 18.0 Å². The summed E-state index contributed by atoms with van der Waals surface area (Å²) in [6.07, 6.45) is -4.68. The van der Waals surface area contributed by atoms with Gasteiger partial charge in [0.2, 0.25) is 15.9 Å². The van der Waals surface area contributed by atoms with Gasteiger partial charge in [0.1, 0.15) is 6.04 Å². The summed E-state index contributed by atoms with van der Waals surface area (Å²) in [6.45, 7) is 2.83. The van der Waals surface area contributed by atoms with E-state index in [0.717, 1.165) is 32.5 Å². The fraction of sp³-hybridized carbons (Fsp3) is 0.310. The summed E-state index contributed by atoms with van der Waals surface area (Å²) in [5, 5.41) is 2.66. The highest BCUT2D eigenvalue weighted by Crippen LogP contribution is 2.31. The van der Waals surface area contributed by atoms with Crippen molar-refractivity contribution in [1.29, 1.82) is 0 Å². The number of nitrogens with one attached hydrogen (secondary N) is 2. The number of benzene rings is 3.